The lowest BCUT2D eigenvalue weighted by atomic mass is 10.0. The number of carbonyl (C=O) groups is 1. The minimum atomic E-state index is -0.701. The number of esters is 1. The molecule has 0 saturated heterocycles. The largest absolute Gasteiger partial charge is 0.460 e. The van der Waals surface area contributed by atoms with Crippen LogP contribution in [0.25, 0.3) is 28.0 Å². The average molecular weight is 425 g/mol. The number of aromatic nitrogens is 3. The zero-order valence-electron chi connectivity index (χ0n) is 17.6. The first-order valence-electron chi connectivity index (χ1n) is 9.93. The summed E-state index contributed by atoms with van der Waals surface area (Å²) in [6.07, 6.45) is 0. The second kappa shape index (κ2) is 7.94. The molecule has 31 heavy (non-hydrogen) atoms. The van der Waals surface area contributed by atoms with E-state index < -0.39 is 11.8 Å². The number of ether oxygens (including phenoxy) is 1. The van der Waals surface area contributed by atoms with E-state index in [-0.39, 0.29) is 30.1 Å². The van der Waals surface area contributed by atoms with Crippen LogP contribution >= 0.6 is 0 Å². The van der Waals surface area contributed by atoms with Gasteiger partial charge in [-0.25, -0.2) is 13.6 Å². The highest BCUT2D eigenvalue weighted by molar-refractivity contribution is 5.98. The summed E-state index contributed by atoms with van der Waals surface area (Å²) in [4.78, 5) is 16.2. The molecular formula is C23H21F2N3O3. The highest BCUT2D eigenvalue weighted by Crippen LogP contribution is 2.40. The topological polar surface area (TPSA) is 70.2 Å². The molecular weight excluding hydrogens is 404 g/mol. The lowest BCUT2D eigenvalue weighted by Crippen LogP contribution is -2.06. The number of nitrogens with zero attached hydrogens (tertiary/aromatic N) is 3. The molecule has 0 aliphatic rings. The van der Waals surface area contributed by atoms with Crippen LogP contribution in [0.3, 0.4) is 0 Å². The van der Waals surface area contributed by atoms with Crippen LogP contribution in [0.15, 0.2) is 40.9 Å². The quantitative estimate of drug-likeness (QED) is 0.391. The normalized spacial score (nSPS) is 11.5. The summed E-state index contributed by atoms with van der Waals surface area (Å²) in [7, 11) is 0. The summed E-state index contributed by atoms with van der Waals surface area (Å²) in [5, 5.41) is 4.28. The number of hydrogen-bond acceptors (Lipinski definition) is 5. The molecule has 2 aromatic heterocycles. The van der Waals surface area contributed by atoms with Gasteiger partial charge in [-0.05, 0) is 66.9 Å². The minimum absolute atomic E-state index is 0.0474. The zero-order valence-corrected chi connectivity index (χ0v) is 17.6. The van der Waals surface area contributed by atoms with Gasteiger partial charge in [-0.15, -0.1) is 0 Å². The molecule has 6 nitrogen and oxygen atoms in total. The van der Waals surface area contributed by atoms with Crippen LogP contribution in [0.4, 0.5) is 8.78 Å². The van der Waals surface area contributed by atoms with Crippen molar-refractivity contribution >= 4 is 16.9 Å². The maximum atomic E-state index is 14.2. The van der Waals surface area contributed by atoms with Crippen molar-refractivity contribution in [3.63, 3.8) is 0 Å². The van der Waals surface area contributed by atoms with Gasteiger partial charge in [0.25, 0.3) is 11.7 Å². The Bertz CT molecular complexity index is 1290. The highest BCUT2D eigenvalue weighted by Gasteiger charge is 2.27. The second-order valence-corrected chi connectivity index (χ2v) is 7.49. The number of fused-ring (bicyclic) bond motifs is 1. The summed E-state index contributed by atoms with van der Waals surface area (Å²) < 4.78 is 40.4. The van der Waals surface area contributed by atoms with E-state index in [9.17, 15) is 13.6 Å². The fourth-order valence-corrected chi connectivity index (χ4v) is 3.70. The predicted molar refractivity (Wildman–Crippen MR) is 111 cm³/mol. The number of carbonyl (C=O) groups excluding carboxylic acids is 1. The van der Waals surface area contributed by atoms with Crippen LogP contribution in [0.5, 0.6) is 0 Å². The molecule has 8 heteroatoms. The van der Waals surface area contributed by atoms with E-state index in [2.05, 4.69) is 10.1 Å². The Morgan fingerprint density at radius 2 is 1.97 bits per heavy atom. The molecule has 2 aromatic carbocycles. The van der Waals surface area contributed by atoms with Crippen molar-refractivity contribution in [3.8, 4) is 17.1 Å². The number of rotatable bonds is 5. The molecule has 4 aromatic rings. The van der Waals surface area contributed by atoms with Crippen molar-refractivity contribution < 1.29 is 22.8 Å². The maximum Gasteiger partial charge on any atom is 0.379 e. The molecule has 0 atom stereocenters. The Balaban J connectivity index is 2.03. The van der Waals surface area contributed by atoms with Crippen molar-refractivity contribution in [2.75, 3.05) is 6.61 Å². The number of halogens is 2. The van der Waals surface area contributed by atoms with Crippen molar-refractivity contribution in [2.24, 2.45) is 0 Å². The number of hydrogen-bond donors (Lipinski definition) is 0. The van der Waals surface area contributed by atoms with Crippen LogP contribution in [0.2, 0.25) is 0 Å². The fraction of sp³-hybridized carbons (Fsp3) is 0.261. The Morgan fingerprint density at radius 1 is 1.19 bits per heavy atom. The minimum Gasteiger partial charge on any atom is -0.460 e. The summed E-state index contributed by atoms with van der Waals surface area (Å²) in [5.74, 6) is -1.61. The Hall–Kier alpha value is -3.55. The highest BCUT2D eigenvalue weighted by atomic mass is 19.1. The van der Waals surface area contributed by atoms with Gasteiger partial charge < -0.3 is 13.8 Å². The second-order valence-electron chi connectivity index (χ2n) is 7.49. The van der Waals surface area contributed by atoms with Gasteiger partial charge in [0.05, 0.1) is 17.7 Å². The van der Waals surface area contributed by atoms with Crippen LogP contribution in [0.1, 0.15) is 48.6 Å². The first kappa shape index (κ1) is 20.7. The standard InChI is InChI=1S/C23H21F2N3O3/c1-5-30-23(29)21-26-22(31-27-21)19-16-11-14(24)6-9-18(16)28(20(19)12(2)3)15-7-8-17(25)13(4)10-15/h6-12H,5H2,1-4H3. The van der Waals surface area contributed by atoms with Crippen LogP contribution in [-0.2, 0) is 4.74 Å². The zero-order chi connectivity index (χ0) is 22.3. The van der Waals surface area contributed by atoms with E-state index in [4.69, 9.17) is 9.26 Å². The first-order chi connectivity index (χ1) is 14.8. The van der Waals surface area contributed by atoms with Gasteiger partial charge in [0.15, 0.2) is 0 Å². The molecule has 0 bridgehead atoms. The van der Waals surface area contributed by atoms with E-state index in [1.54, 1.807) is 32.0 Å². The van der Waals surface area contributed by atoms with Crippen molar-refractivity contribution in [2.45, 2.75) is 33.6 Å². The van der Waals surface area contributed by atoms with Gasteiger partial charge in [0, 0.05) is 16.8 Å². The van der Waals surface area contributed by atoms with Crippen molar-refractivity contribution in [1.29, 1.82) is 0 Å². The van der Waals surface area contributed by atoms with Gasteiger partial charge in [0.1, 0.15) is 11.6 Å². The van der Waals surface area contributed by atoms with Crippen molar-refractivity contribution in [3.05, 3.63) is 65.1 Å². The predicted octanol–water partition coefficient (Wildman–Crippen LogP) is 5.57. The number of benzene rings is 2. The molecule has 2 heterocycles. The Morgan fingerprint density at radius 3 is 2.65 bits per heavy atom. The first-order valence-corrected chi connectivity index (χ1v) is 9.93. The van der Waals surface area contributed by atoms with Crippen molar-refractivity contribution in [1.82, 2.24) is 14.7 Å². The summed E-state index contributed by atoms with van der Waals surface area (Å²) in [6, 6.07) is 9.19. The summed E-state index contributed by atoms with van der Waals surface area (Å²) >= 11 is 0. The van der Waals surface area contributed by atoms with E-state index in [1.807, 2.05) is 18.4 Å². The molecule has 0 unspecified atom stereocenters. The van der Waals surface area contributed by atoms with Gasteiger partial charge in [-0.2, -0.15) is 4.98 Å². The molecule has 0 amide bonds. The third-order valence-corrected chi connectivity index (χ3v) is 5.01. The lowest BCUT2D eigenvalue weighted by Gasteiger charge is -2.15. The van der Waals surface area contributed by atoms with Crippen LogP contribution < -0.4 is 0 Å². The summed E-state index contributed by atoms with van der Waals surface area (Å²) in [6.45, 7) is 7.49. The Labute approximate surface area is 177 Å². The molecule has 4 rings (SSSR count). The van der Waals surface area contributed by atoms with Gasteiger partial charge >= 0.3 is 5.97 Å². The lowest BCUT2D eigenvalue weighted by molar-refractivity contribution is 0.0508. The third kappa shape index (κ3) is 3.58. The number of aryl methyl sites for hydroxylation is 1. The molecule has 0 N–H and O–H groups in total. The Kier molecular flexibility index (Phi) is 5.31. The monoisotopic (exact) mass is 425 g/mol. The molecule has 160 valence electrons. The average Bonchev–Trinajstić information content (AvgIpc) is 3.32. The summed E-state index contributed by atoms with van der Waals surface area (Å²) in [5.41, 5.74) is 3.19. The third-order valence-electron chi connectivity index (χ3n) is 5.01. The van der Waals surface area contributed by atoms with E-state index in [1.165, 1.54) is 18.2 Å². The smallest absolute Gasteiger partial charge is 0.379 e. The molecule has 0 saturated carbocycles. The van der Waals surface area contributed by atoms with Crippen LogP contribution in [-0.4, -0.2) is 27.3 Å². The SMILES string of the molecule is CCOC(=O)c1noc(-c2c(C(C)C)n(-c3ccc(F)c(C)c3)c3ccc(F)cc23)n1. The van der Waals surface area contributed by atoms with Crippen LogP contribution in [0, 0.1) is 18.6 Å². The molecule has 0 aliphatic heterocycles. The molecule has 0 radical (unpaired) electrons. The molecule has 0 spiro atoms. The van der Waals surface area contributed by atoms with E-state index >= 15 is 0 Å². The molecule has 0 fully saturated rings. The van der Waals surface area contributed by atoms with E-state index in [0.29, 0.717) is 22.0 Å². The van der Waals surface area contributed by atoms with Gasteiger partial charge in [-0.1, -0.05) is 13.8 Å². The fourth-order valence-electron chi connectivity index (χ4n) is 3.70. The maximum absolute atomic E-state index is 14.2. The van der Waals surface area contributed by atoms with E-state index in [0.717, 1.165) is 11.4 Å². The van der Waals surface area contributed by atoms with Gasteiger partial charge in [-0.3, -0.25) is 0 Å². The van der Waals surface area contributed by atoms with Gasteiger partial charge in [0.2, 0.25) is 0 Å². The molecule has 0 aliphatic carbocycles.